The van der Waals surface area contributed by atoms with Crippen LogP contribution in [0.3, 0.4) is 0 Å². The fraction of sp³-hybridized carbons (Fsp3) is 0.700. The minimum absolute atomic E-state index is 0.830. The molecule has 0 saturated carbocycles. The summed E-state index contributed by atoms with van der Waals surface area (Å²) in [4.78, 5) is 4.18. The van der Waals surface area contributed by atoms with Crippen LogP contribution in [0.4, 0.5) is 0 Å². The van der Waals surface area contributed by atoms with Crippen LogP contribution in [-0.4, -0.2) is 47.4 Å². The highest BCUT2D eigenvalue weighted by Gasteiger charge is 2.08. The molecule has 15 heavy (non-hydrogen) atoms. The van der Waals surface area contributed by atoms with Crippen molar-refractivity contribution in [3.05, 3.63) is 18.2 Å². The number of hydrazine groups is 1. The molecule has 1 saturated heterocycles. The number of hydrogen-bond donors (Lipinski definition) is 1. The summed E-state index contributed by atoms with van der Waals surface area (Å²) in [5.41, 5.74) is 3.39. The summed E-state index contributed by atoms with van der Waals surface area (Å²) in [5.74, 6) is 1.07. The van der Waals surface area contributed by atoms with Crippen molar-refractivity contribution in [2.45, 2.75) is 13.5 Å². The predicted octanol–water partition coefficient (Wildman–Crippen LogP) is 0.0283. The van der Waals surface area contributed by atoms with Gasteiger partial charge in [-0.1, -0.05) is 0 Å². The van der Waals surface area contributed by atoms with E-state index >= 15 is 0 Å². The van der Waals surface area contributed by atoms with Crippen molar-refractivity contribution in [2.75, 3.05) is 32.8 Å². The third kappa shape index (κ3) is 3.02. The maximum atomic E-state index is 5.27. The maximum Gasteiger partial charge on any atom is 0.105 e. The van der Waals surface area contributed by atoms with Crippen molar-refractivity contribution in [1.29, 1.82) is 0 Å². The van der Waals surface area contributed by atoms with Gasteiger partial charge < -0.3 is 9.30 Å². The second-order valence-corrected chi connectivity index (χ2v) is 3.68. The Labute approximate surface area is 90.0 Å². The summed E-state index contributed by atoms with van der Waals surface area (Å²) in [6, 6.07) is 0. The van der Waals surface area contributed by atoms with E-state index in [4.69, 9.17) is 4.74 Å². The van der Waals surface area contributed by atoms with Gasteiger partial charge in [0, 0.05) is 38.6 Å². The summed E-state index contributed by atoms with van der Waals surface area (Å²) >= 11 is 0. The van der Waals surface area contributed by atoms with E-state index in [1.54, 1.807) is 0 Å². The first kappa shape index (κ1) is 10.6. The number of imidazole rings is 1. The molecule has 1 aliphatic heterocycles. The van der Waals surface area contributed by atoms with Crippen LogP contribution in [0.25, 0.3) is 0 Å². The number of aromatic nitrogens is 2. The molecule has 1 N–H and O–H groups in total. The molecule has 1 aromatic heterocycles. The van der Waals surface area contributed by atoms with E-state index in [1.165, 1.54) is 0 Å². The van der Waals surface area contributed by atoms with Crippen LogP contribution in [0.2, 0.25) is 0 Å². The highest BCUT2D eigenvalue weighted by Crippen LogP contribution is 1.95. The molecule has 5 heteroatoms. The zero-order valence-corrected chi connectivity index (χ0v) is 9.15. The first-order valence-corrected chi connectivity index (χ1v) is 5.40. The number of aryl methyl sites for hydroxylation is 1. The van der Waals surface area contributed by atoms with E-state index in [2.05, 4.69) is 20.0 Å². The van der Waals surface area contributed by atoms with Crippen molar-refractivity contribution in [3.63, 3.8) is 0 Å². The lowest BCUT2D eigenvalue weighted by Crippen LogP contribution is -2.46. The number of morpholine rings is 1. The van der Waals surface area contributed by atoms with Crippen molar-refractivity contribution in [2.24, 2.45) is 0 Å². The standard InChI is InChI=1S/C10H18N4O/c1-10-11-2-4-13(10)5-3-12-14-6-8-15-9-7-14/h2,4,12H,3,5-9H2,1H3. The van der Waals surface area contributed by atoms with E-state index in [0.717, 1.165) is 45.2 Å². The Kier molecular flexibility index (Phi) is 3.71. The Morgan fingerprint density at radius 2 is 2.27 bits per heavy atom. The molecule has 0 aliphatic carbocycles. The summed E-state index contributed by atoms with van der Waals surface area (Å²) in [7, 11) is 0. The van der Waals surface area contributed by atoms with Gasteiger partial charge in [0.25, 0.3) is 0 Å². The summed E-state index contributed by atoms with van der Waals surface area (Å²) in [5, 5.41) is 2.22. The Morgan fingerprint density at radius 1 is 1.47 bits per heavy atom. The molecule has 2 rings (SSSR count). The molecule has 0 radical (unpaired) electrons. The van der Waals surface area contributed by atoms with Crippen LogP contribution in [0.5, 0.6) is 0 Å². The molecule has 0 bridgehead atoms. The smallest absolute Gasteiger partial charge is 0.105 e. The van der Waals surface area contributed by atoms with E-state index < -0.39 is 0 Å². The molecule has 0 atom stereocenters. The van der Waals surface area contributed by atoms with Gasteiger partial charge in [0.1, 0.15) is 5.82 Å². The number of ether oxygens (including phenoxy) is 1. The Balaban J connectivity index is 1.68. The summed E-state index contributed by atoms with van der Waals surface area (Å²) in [6.07, 6.45) is 3.85. The number of rotatable bonds is 4. The third-order valence-corrected chi connectivity index (χ3v) is 2.62. The van der Waals surface area contributed by atoms with Gasteiger partial charge in [-0.15, -0.1) is 0 Å². The van der Waals surface area contributed by atoms with Crippen molar-refractivity contribution < 1.29 is 4.74 Å². The first-order valence-electron chi connectivity index (χ1n) is 5.40. The molecule has 2 heterocycles. The average Bonchev–Trinajstić information content (AvgIpc) is 2.66. The van der Waals surface area contributed by atoms with Gasteiger partial charge in [0.15, 0.2) is 0 Å². The zero-order valence-electron chi connectivity index (χ0n) is 9.15. The van der Waals surface area contributed by atoms with Gasteiger partial charge >= 0.3 is 0 Å². The average molecular weight is 210 g/mol. The van der Waals surface area contributed by atoms with Gasteiger partial charge in [-0.2, -0.15) is 0 Å². The molecule has 1 fully saturated rings. The van der Waals surface area contributed by atoms with Crippen LogP contribution < -0.4 is 5.43 Å². The molecular formula is C10H18N4O. The molecule has 1 aromatic rings. The van der Waals surface area contributed by atoms with Gasteiger partial charge in [-0.25, -0.2) is 9.99 Å². The number of nitrogens with zero attached hydrogens (tertiary/aromatic N) is 3. The van der Waals surface area contributed by atoms with Crippen LogP contribution >= 0.6 is 0 Å². The normalized spacial score (nSPS) is 18.2. The van der Waals surface area contributed by atoms with Gasteiger partial charge in [-0.3, -0.25) is 5.43 Å². The van der Waals surface area contributed by atoms with Gasteiger partial charge in [0.2, 0.25) is 0 Å². The minimum Gasteiger partial charge on any atom is -0.379 e. The molecule has 5 nitrogen and oxygen atoms in total. The van der Waals surface area contributed by atoms with E-state index in [9.17, 15) is 0 Å². The van der Waals surface area contributed by atoms with Crippen LogP contribution in [0, 0.1) is 6.92 Å². The second-order valence-electron chi connectivity index (χ2n) is 3.68. The molecular weight excluding hydrogens is 192 g/mol. The summed E-state index contributed by atoms with van der Waals surface area (Å²) < 4.78 is 7.42. The van der Waals surface area contributed by atoms with E-state index in [0.29, 0.717) is 0 Å². The fourth-order valence-corrected chi connectivity index (χ4v) is 1.69. The monoisotopic (exact) mass is 210 g/mol. The molecule has 84 valence electrons. The van der Waals surface area contributed by atoms with Crippen LogP contribution in [-0.2, 0) is 11.3 Å². The lowest BCUT2D eigenvalue weighted by molar-refractivity contribution is 0.0115. The quantitative estimate of drug-likeness (QED) is 0.761. The minimum atomic E-state index is 0.830. The fourth-order valence-electron chi connectivity index (χ4n) is 1.69. The zero-order chi connectivity index (χ0) is 10.5. The Bertz CT molecular complexity index is 293. The van der Waals surface area contributed by atoms with Crippen LogP contribution in [0.15, 0.2) is 12.4 Å². The lowest BCUT2D eigenvalue weighted by Gasteiger charge is -2.27. The largest absolute Gasteiger partial charge is 0.379 e. The number of nitrogens with one attached hydrogen (secondary N) is 1. The molecule has 1 aliphatic rings. The van der Waals surface area contributed by atoms with Crippen molar-refractivity contribution in [1.82, 2.24) is 20.0 Å². The maximum absolute atomic E-state index is 5.27. The van der Waals surface area contributed by atoms with Crippen molar-refractivity contribution in [3.8, 4) is 0 Å². The molecule has 0 spiro atoms. The lowest BCUT2D eigenvalue weighted by atomic mass is 10.5. The predicted molar refractivity (Wildman–Crippen MR) is 57.4 cm³/mol. The molecule has 0 amide bonds. The Morgan fingerprint density at radius 3 is 2.93 bits per heavy atom. The van der Waals surface area contributed by atoms with Gasteiger partial charge in [0.05, 0.1) is 13.2 Å². The third-order valence-electron chi connectivity index (χ3n) is 2.62. The summed E-state index contributed by atoms with van der Waals surface area (Å²) in [6.45, 7) is 7.54. The van der Waals surface area contributed by atoms with E-state index in [-0.39, 0.29) is 0 Å². The van der Waals surface area contributed by atoms with E-state index in [1.807, 2.05) is 19.3 Å². The molecule has 0 aromatic carbocycles. The SMILES string of the molecule is Cc1nccn1CCNN1CCOCC1. The van der Waals surface area contributed by atoms with Crippen molar-refractivity contribution >= 4 is 0 Å². The Hall–Kier alpha value is -0.910. The highest BCUT2D eigenvalue weighted by molar-refractivity contribution is 4.88. The topological polar surface area (TPSA) is 42.3 Å². The highest BCUT2D eigenvalue weighted by atomic mass is 16.5. The first-order chi connectivity index (χ1) is 7.36. The number of hydrogen-bond acceptors (Lipinski definition) is 4. The van der Waals surface area contributed by atoms with Crippen LogP contribution in [0.1, 0.15) is 5.82 Å². The van der Waals surface area contributed by atoms with Gasteiger partial charge in [-0.05, 0) is 6.92 Å². The second kappa shape index (κ2) is 5.25. The molecule has 0 unspecified atom stereocenters.